The molecule has 1 aromatic rings. The standard InChI is InChI=1S/C17H19FN2O3/c18-14-8-4-1-5-11(14)9-19-15(21)10-20-16(22)12-6-2-3-7-13(12)17(20)23/h1,4-5,8,12-13H,2-3,6-7,9-10H2,(H,19,21)/t12-,13+. The van der Waals surface area contributed by atoms with Crippen LogP contribution < -0.4 is 5.32 Å². The number of nitrogens with one attached hydrogen (secondary N) is 1. The molecule has 0 aromatic heterocycles. The third-order valence-electron chi connectivity index (χ3n) is 4.67. The summed E-state index contributed by atoms with van der Waals surface area (Å²) in [5.74, 6) is -1.83. The molecule has 3 rings (SSSR count). The lowest BCUT2D eigenvalue weighted by Crippen LogP contribution is -2.40. The summed E-state index contributed by atoms with van der Waals surface area (Å²) in [7, 11) is 0. The zero-order valence-corrected chi connectivity index (χ0v) is 12.8. The molecule has 5 nitrogen and oxygen atoms in total. The van der Waals surface area contributed by atoms with E-state index < -0.39 is 11.7 Å². The van der Waals surface area contributed by atoms with E-state index >= 15 is 0 Å². The molecule has 1 N–H and O–H groups in total. The van der Waals surface area contributed by atoms with Gasteiger partial charge in [0, 0.05) is 12.1 Å². The average molecular weight is 318 g/mol. The minimum Gasteiger partial charge on any atom is -0.350 e. The molecule has 1 saturated carbocycles. The van der Waals surface area contributed by atoms with Gasteiger partial charge in [0.1, 0.15) is 12.4 Å². The molecule has 0 bridgehead atoms. The Balaban J connectivity index is 1.58. The van der Waals surface area contributed by atoms with Crippen LogP contribution in [0.3, 0.4) is 0 Å². The van der Waals surface area contributed by atoms with E-state index in [1.54, 1.807) is 18.2 Å². The third kappa shape index (κ3) is 3.11. The van der Waals surface area contributed by atoms with Crippen molar-refractivity contribution < 1.29 is 18.8 Å². The number of carbonyl (C=O) groups excluding carboxylic acids is 3. The molecule has 0 spiro atoms. The molecule has 0 radical (unpaired) electrons. The summed E-state index contributed by atoms with van der Waals surface area (Å²) in [6.45, 7) is -0.242. The van der Waals surface area contributed by atoms with Crippen molar-refractivity contribution in [3.63, 3.8) is 0 Å². The molecule has 2 aliphatic rings. The van der Waals surface area contributed by atoms with Crippen LogP contribution in [-0.2, 0) is 20.9 Å². The summed E-state index contributed by atoms with van der Waals surface area (Å²) >= 11 is 0. The first kappa shape index (κ1) is 15.6. The summed E-state index contributed by atoms with van der Waals surface area (Å²) in [4.78, 5) is 37.6. The number of imide groups is 1. The summed E-state index contributed by atoms with van der Waals surface area (Å²) in [6, 6.07) is 6.16. The minimum atomic E-state index is -0.450. The molecule has 122 valence electrons. The highest BCUT2D eigenvalue weighted by Crippen LogP contribution is 2.37. The van der Waals surface area contributed by atoms with Crippen LogP contribution in [0.2, 0.25) is 0 Å². The van der Waals surface area contributed by atoms with Crippen molar-refractivity contribution in [1.82, 2.24) is 10.2 Å². The van der Waals surface area contributed by atoms with Gasteiger partial charge in [0.25, 0.3) is 0 Å². The summed E-state index contributed by atoms with van der Waals surface area (Å²) < 4.78 is 13.5. The number of hydrogen-bond acceptors (Lipinski definition) is 3. The van der Waals surface area contributed by atoms with E-state index in [9.17, 15) is 18.8 Å². The first-order valence-electron chi connectivity index (χ1n) is 7.93. The van der Waals surface area contributed by atoms with E-state index in [1.807, 2.05) is 0 Å². The lowest BCUT2D eigenvalue weighted by molar-refractivity contribution is -0.143. The zero-order chi connectivity index (χ0) is 16.4. The fourth-order valence-corrected chi connectivity index (χ4v) is 3.42. The highest BCUT2D eigenvalue weighted by molar-refractivity contribution is 6.07. The van der Waals surface area contributed by atoms with Crippen molar-refractivity contribution >= 4 is 17.7 Å². The molecule has 3 amide bonds. The molecule has 1 saturated heterocycles. The predicted molar refractivity (Wildman–Crippen MR) is 80.4 cm³/mol. The number of amides is 3. The van der Waals surface area contributed by atoms with Gasteiger partial charge in [0.05, 0.1) is 11.8 Å². The maximum atomic E-state index is 13.5. The van der Waals surface area contributed by atoms with Crippen LogP contribution in [-0.4, -0.2) is 29.2 Å². The quantitative estimate of drug-likeness (QED) is 0.858. The maximum Gasteiger partial charge on any atom is 0.240 e. The molecular weight excluding hydrogens is 299 g/mol. The van der Waals surface area contributed by atoms with Gasteiger partial charge in [-0.2, -0.15) is 0 Å². The predicted octanol–water partition coefficient (Wildman–Crippen LogP) is 1.62. The average Bonchev–Trinajstić information content (AvgIpc) is 2.80. The lowest BCUT2D eigenvalue weighted by atomic mass is 9.81. The largest absolute Gasteiger partial charge is 0.350 e. The Bertz CT molecular complexity index is 622. The molecule has 1 aromatic carbocycles. The van der Waals surface area contributed by atoms with E-state index in [0.717, 1.165) is 30.6 Å². The van der Waals surface area contributed by atoms with Gasteiger partial charge in [-0.1, -0.05) is 31.0 Å². The van der Waals surface area contributed by atoms with E-state index in [4.69, 9.17) is 0 Å². The molecule has 2 atom stereocenters. The van der Waals surface area contributed by atoms with Crippen LogP contribution in [0.4, 0.5) is 4.39 Å². The molecule has 1 heterocycles. The van der Waals surface area contributed by atoms with Gasteiger partial charge >= 0.3 is 0 Å². The Morgan fingerprint density at radius 3 is 2.35 bits per heavy atom. The topological polar surface area (TPSA) is 66.5 Å². The van der Waals surface area contributed by atoms with Crippen molar-refractivity contribution in [2.24, 2.45) is 11.8 Å². The van der Waals surface area contributed by atoms with Gasteiger partial charge in [-0.05, 0) is 18.9 Å². The highest BCUT2D eigenvalue weighted by atomic mass is 19.1. The van der Waals surface area contributed by atoms with Gasteiger partial charge in [-0.3, -0.25) is 19.3 Å². The number of likely N-dealkylation sites (tertiary alicyclic amines) is 1. The van der Waals surface area contributed by atoms with Gasteiger partial charge in [-0.15, -0.1) is 0 Å². The Hall–Kier alpha value is -2.24. The number of halogens is 1. The first-order valence-corrected chi connectivity index (χ1v) is 7.93. The van der Waals surface area contributed by atoms with Gasteiger partial charge in [0.2, 0.25) is 17.7 Å². The molecule has 2 fully saturated rings. The fourth-order valence-electron chi connectivity index (χ4n) is 3.42. The van der Waals surface area contributed by atoms with Gasteiger partial charge < -0.3 is 5.32 Å². The van der Waals surface area contributed by atoms with Crippen molar-refractivity contribution in [3.05, 3.63) is 35.6 Å². The summed E-state index contributed by atoms with van der Waals surface area (Å²) in [5.41, 5.74) is 0.369. The summed E-state index contributed by atoms with van der Waals surface area (Å²) in [6.07, 6.45) is 3.35. The normalized spacial score (nSPS) is 23.8. The Labute approximate surface area is 133 Å². The van der Waals surface area contributed by atoms with Crippen molar-refractivity contribution in [2.45, 2.75) is 32.2 Å². The lowest BCUT2D eigenvalue weighted by Gasteiger charge is -2.19. The number of benzene rings is 1. The van der Waals surface area contributed by atoms with Crippen molar-refractivity contribution in [2.75, 3.05) is 6.54 Å². The zero-order valence-electron chi connectivity index (χ0n) is 12.8. The smallest absolute Gasteiger partial charge is 0.240 e. The minimum absolute atomic E-state index is 0.0363. The Morgan fingerprint density at radius 1 is 1.13 bits per heavy atom. The Kier molecular flexibility index (Phi) is 4.41. The highest BCUT2D eigenvalue weighted by Gasteiger charge is 2.48. The van der Waals surface area contributed by atoms with Crippen molar-refractivity contribution in [1.29, 1.82) is 0 Å². The van der Waals surface area contributed by atoms with Crippen LogP contribution in [0.1, 0.15) is 31.2 Å². The van der Waals surface area contributed by atoms with E-state index in [-0.39, 0.29) is 36.7 Å². The number of hydrogen-bond donors (Lipinski definition) is 1. The van der Waals surface area contributed by atoms with Crippen LogP contribution in [0.5, 0.6) is 0 Å². The van der Waals surface area contributed by atoms with E-state index in [0.29, 0.717) is 5.56 Å². The summed E-state index contributed by atoms with van der Waals surface area (Å²) in [5, 5.41) is 2.56. The molecule has 6 heteroatoms. The van der Waals surface area contributed by atoms with Gasteiger partial charge in [-0.25, -0.2) is 4.39 Å². The molecule has 23 heavy (non-hydrogen) atoms. The number of nitrogens with zero attached hydrogens (tertiary/aromatic N) is 1. The first-order chi connectivity index (χ1) is 11.1. The number of rotatable bonds is 4. The maximum absolute atomic E-state index is 13.5. The second-order valence-electron chi connectivity index (χ2n) is 6.13. The number of carbonyl (C=O) groups is 3. The van der Waals surface area contributed by atoms with E-state index in [2.05, 4.69) is 5.32 Å². The second-order valence-corrected chi connectivity index (χ2v) is 6.13. The van der Waals surface area contributed by atoms with Crippen molar-refractivity contribution in [3.8, 4) is 0 Å². The molecule has 0 unspecified atom stereocenters. The van der Waals surface area contributed by atoms with Crippen LogP contribution >= 0.6 is 0 Å². The monoisotopic (exact) mass is 318 g/mol. The molecular formula is C17H19FN2O3. The third-order valence-corrected chi connectivity index (χ3v) is 4.67. The molecule has 1 aliphatic carbocycles. The van der Waals surface area contributed by atoms with E-state index in [1.165, 1.54) is 6.07 Å². The number of fused-ring (bicyclic) bond motifs is 1. The SMILES string of the molecule is O=C(CN1C(=O)[C@H]2CCCC[C@H]2C1=O)NCc1ccccc1F. The second kappa shape index (κ2) is 6.48. The van der Waals surface area contributed by atoms with Crippen LogP contribution in [0.15, 0.2) is 24.3 Å². The molecule has 1 aliphatic heterocycles. The van der Waals surface area contributed by atoms with Gasteiger partial charge in [0.15, 0.2) is 0 Å². The Morgan fingerprint density at radius 2 is 1.74 bits per heavy atom. The van der Waals surface area contributed by atoms with Crippen LogP contribution in [0.25, 0.3) is 0 Å². The fraction of sp³-hybridized carbons (Fsp3) is 0.471. The van der Waals surface area contributed by atoms with Crippen LogP contribution in [0, 0.1) is 17.7 Å².